The molecule has 290 valence electrons. The van der Waals surface area contributed by atoms with E-state index < -0.39 is 0 Å². The molecule has 0 atom stereocenters. The van der Waals surface area contributed by atoms with Gasteiger partial charge in [0, 0.05) is 32.9 Å². The van der Waals surface area contributed by atoms with Crippen molar-refractivity contribution in [2.45, 2.75) is 0 Å². The van der Waals surface area contributed by atoms with Crippen LogP contribution in [0.1, 0.15) is 0 Å². The first kappa shape index (κ1) is 35.7. The SMILES string of the molecule is c1ccc(-c2ccc(-c3ccc(-n4c5ccc(-c6ccc7c(c6)c6ccccc6n7-c6cccc(-c7ccccc7)c6)cc5c5c(-c6ccccc6)cccc54)cc3)cc2)cc1. The molecular weight excluding hydrogens is 749 g/mol. The van der Waals surface area contributed by atoms with Crippen molar-refractivity contribution < 1.29 is 0 Å². The zero-order valence-corrected chi connectivity index (χ0v) is 34.0. The summed E-state index contributed by atoms with van der Waals surface area (Å²) >= 11 is 0. The molecule has 12 rings (SSSR count). The lowest BCUT2D eigenvalue weighted by Crippen LogP contribution is -1.94. The minimum absolute atomic E-state index is 1.14. The van der Waals surface area contributed by atoms with Gasteiger partial charge in [-0.25, -0.2) is 0 Å². The van der Waals surface area contributed by atoms with Crippen LogP contribution in [0.15, 0.2) is 243 Å². The molecule has 0 unspecified atom stereocenters. The second-order valence-corrected chi connectivity index (χ2v) is 16.1. The van der Waals surface area contributed by atoms with Crippen LogP contribution in [-0.2, 0) is 0 Å². The number of nitrogens with zero attached hydrogens (tertiary/aromatic N) is 2. The molecule has 62 heavy (non-hydrogen) atoms. The molecule has 0 N–H and O–H groups in total. The fourth-order valence-electron chi connectivity index (χ4n) is 9.56. The van der Waals surface area contributed by atoms with E-state index in [2.05, 4.69) is 252 Å². The summed E-state index contributed by atoms with van der Waals surface area (Å²) in [6, 6.07) is 88.3. The highest BCUT2D eigenvalue weighted by Crippen LogP contribution is 2.42. The van der Waals surface area contributed by atoms with E-state index in [-0.39, 0.29) is 0 Å². The Morgan fingerprint density at radius 2 is 0.629 bits per heavy atom. The summed E-state index contributed by atoms with van der Waals surface area (Å²) in [4.78, 5) is 0. The van der Waals surface area contributed by atoms with Gasteiger partial charge < -0.3 is 9.13 Å². The van der Waals surface area contributed by atoms with E-state index in [0.29, 0.717) is 0 Å². The summed E-state index contributed by atoms with van der Waals surface area (Å²) in [7, 11) is 0. The predicted molar refractivity (Wildman–Crippen MR) is 262 cm³/mol. The molecule has 0 bridgehead atoms. The van der Waals surface area contributed by atoms with E-state index in [0.717, 1.165) is 11.4 Å². The predicted octanol–water partition coefficient (Wildman–Crippen LogP) is 16.2. The van der Waals surface area contributed by atoms with Crippen molar-refractivity contribution in [1.82, 2.24) is 9.13 Å². The number of fused-ring (bicyclic) bond motifs is 6. The molecule has 2 heterocycles. The second-order valence-electron chi connectivity index (χ2n) is 16.1. The third-order valence-electron chi connectivity index (χ3n) is 12.5. The Balaban J connectivity index is 0.987. The summed E-state index contributed by atoms with van der Waals surface area (Å²) < 4.78 is 4.85. The summed E-state index contributed by atoms with van der Waals surface area (Å²) in [5.41, 5.74) is 19.2. The Kier molecular flexibility index (Phi) is 8.53. The maximum absolute atomic E-state index is 2.43. The first-order valence-electron chi connectivity index (χ1n) is 21.3. The molecule has 12 aromatic rings. The summed E-state index contributed by atoms with van der Waals surface area (Å²) in [6.07, 6.45) is 0. The van der Waals surface area contributed by atoms with E-state index in [1.807, 2.05) is 0 Å². The highest BCUT2D eigenvalue weighted by atomic mass is 15.0. The number of rotatable bonds is 7. The molecule has 0 fully saturated rings. The largest absolute Gasteiger partial charge is 0.309 e. The molecule has 0 saturated carbocycles. The van der Waals surface area contributed by atoms with E-state index in [4.69, 9.17) is 0 Å². The van der Waals surface area contributed by atoms with Crippen LogP contribution in [0.5, 0.6) is 0 Å². The molecular formula is C60H40N2. The average molecular weight is 789 g/mol. The Labute approximate surface area is 360 Å². The first-order valence-corrected chi connectivity index (χ1v) is 21.3. The minimum Gasteiger partial charge on any atom is -0.309 e. The molecule has 0 spiro atoms. The number of hydrogen-bond acceptors (Lipinski definition) is 0. The Morgan fingerprint density at radius 3 is 1.29 bits per heavy atom. The molecule has 10 aromatic carbocycles. The minimum atomic E-state index is 1.14. The number of benzene rings is 10. The Morgan fingerprint density at radius 1 is 0.210 bits per heavy atom. The number of aromatic nitrogens is 2. The smallest absolute Gasteiger partial charge is 0.0547 e. The van der Waals surface area contributed by atoms with Gasteiger partial charge in [0.15, 0.2) is 0 Å². The highest BCUT2D eigenvalue weighted by Gasteiger charge is 2.19. The third-order valence-corrected chi connectivity index (χ3v) is 12.5. The van der Waals surface area contributed by atoms with Gasteiger partial charge >= 0.3 is 0 Å². The van der Waals surface area contributed by atoms with Crippen LogP contribution in [-0.4, -0.2) is 9.13 Å². The van der Waals surface area contributed by atoms with Gasteiger partial charge in [-0.05, 0) is 116 Å². The topological polar surface area (TPSA) is 9.86 Å². The first-order chi connectivity index (χ1) is 30.7. The standard InChI is InChI=1S/C60H40N2/c1-4-14-41(15-5-1)43-26-28-44(29-27-43)45-30-34-50(35-31-45)61-58-37-33-49(40-55(58)60-52(23-13-25-59(60)61)46-18-8-3-9-19-46)48-32-36-57-54(39-48)53-22-10-11-24-56(53)62(57)51-21-12-20-47(38-51)42-16-6-2-7-17-42/h1-40H. The van der Waals surface area contributed by atoms with Crippen LogP contribution in [0.4, 0.5) is 0 Å². The van der Waals surface area contributed by atoms with E-state index in [1.165, 1.54) is 99.2 Å². The van der Waals surface area contributed by atoms with Crippen molar-refractivity contribution in [3.05, 3.63) is 243 Å². The highest BCUT2D eigenvalue weighted by molar-refractivity contribution is 6.17. The third kappa shape index (κ3) is 6.04. The maximum atomic E-state index is 2.43. The zero-order chi connectivity index (χ0) is 41.0. The van der Waals surface area contributed by atoms with E-state index in [1.54, 1.807) is 0 Å². The quantitative estimate of drug-likeness (QED) is 0.152. The summed E-state index contributed by atoms with van der Waals surface area (Å²) in [5.74, 6) is 0. The Bertz CT molecular complexity index is 3580. The van der Waals surface area contributed by atoms with Gasteiger partial charge in [-0.15, -0.1) is 0 Å². The average Bonchev–Trinajstić information content (AvgIpc) is 3.87. The van der Waals surface area contributed by atoms with E-state index >= 15 is 0 Å². The molecule has 2 aromatic heterocycles. The molecule has 0 saturated heterocycles. The van der Waals surface area contributed by atoms with Crippen molar-refractivity contribution in [3.8, 4) is 67.0 Å². The molecule has 0 aliphatic carbocycles. The van der Waals surface area contributed by atoms with Crippen LogP contribution in [0.25, 0.3) is 111 Å². The van der Waals surface area contributed by atoms with Crippen molar-refractivity contribution in [3.63, 3.8) is 0 Å². The lowest BCUT2D eigenvalue weighted by atomic mass is 9.97. The summed E-state index contributed by atoms with van der Waals surface area (Å²) in [5, 5.41) is 4.98. The van der Waals surface area contributed by atoms with Gasteiger partial charge in [-0.3, -0.25) is 0 Å². The summed E-state index contributed by atoms with van der Waals surface area (Å²) in [6.45, 7) is 0. The second kappa shape index (κ2) is 14.8. The Hall–Kier alpha value is -8.20. The van der Waals surface area contributed by atoms with Crippen LogP contribution in [0.3, 0.4) is 0 Å². The van der Waals surface area contributed by atoms with Gasteiger partial charge in [-0.1, -0.05) is 182 Å². The molecule has 2 nitrogen and oxygen atoms in total. The van der Waals surface area contributed by atoms with Crippen LogP contribution >= 0.6 is 0 Å². The van der Waals surface area contributed by atoms with Crippen molar-refractivity contribution in [1.29, 1.82) is 0 Å². The van der Waals surface area contributed by atoms with Gasteiger partial charge in [0.2, 0.25) is 0 Å². The normalized spacial score (nSPS) is 11.5. The van der Waals surface area contributed by atoms with Gasteiger partial charge in [0.05, 0.1) is 22.1 Å². The number of hydrogen-bond donors (Lipinski definition) is 0. The van der Waals surface area contributed by atoms with E-state index in [9.17, 15) is 0 Å². The fraction of sp³-hybridized carbons (Fsp3) is 0. The van der Waals surface area contributed by atoms with Crippen LogP contribution in [0, 0.1) is 0 Å². The molecule has 2 heteroatoms. The van der Waals surface area contributed by atoms with Crippen LogP contribution in [0.2, 0.25) is 0 Å². The van der Waals surface area contributed by atoms with Crippen molar-refractivity contribution in [2.75, 3.05) is 0 Å². The monoisotopic (exact) mass is 788 g/mol. The molecule has 0 aliphatic rings. The molecule has 0 aliphatic heterocycles. The van der Waals surface area contributed by atoms with Gasteiger partial charge in [-0.2, -0.15) is 0 Å². The zero-order valence-electron chi connectivity index (χ0n) is 34.0. The lowest BCUT2D eigenvalue weighted by molar-refractivity contribution is 1.18. The van der Waals surface area contributed by atoms with Crippen molar-refractivity contribution >= 4 is 43.6 Å². The molecule has 0 radical (unpaired) electrons. The maximum Gasteiger partial charge on any atom is 0.0547 e. The lowest BCUT2D eigenvalue weighted by Gasteiger charge is -2.11. The molecule has 0 amide bonds. The number of para-hydroxylation sites is 1. The van der Waals surface area contributed by atoms with Gasteiger partial charge in [0.1, 0.15) is 0 Å². The van der Waals surface area contributed by atoms with Crippen molar-refractivity contribution in [2.24, 2.45) is 0 Å². The fourth-order valence-corrected chi connectivity index (χ4v) is 9.56. The van der Waals surface area contributed by atoms with Crippen LogP contribution < -0.4 is 0 Å². The van der Waals surface area contributed by atoms with Gasteiger partial charge in [0.25, 0.3) is 0 Å².